The summed E-state index contributed by atoms with van der Waals surface area (Å²) < 4.78 is 0. The Bertz CT molecular complexity index is 756. The van der Waals surface area contributed by atoms with Gasteiger partial charge in [0.05, 0.1) is 0 Å². The Balaban J connectivity index is 1.82. The van der Waals surface area contributed by atoms with Crippen molar-refractivity contribution >= 4 is 23.4 Å². The lowest BCUT2D eigenvalue weighted by Gasteiger charge is -2.09. The molecule has 0 saturated carbocycles. The predicted molar refractivity (Wildman–Crippen MR) is 101 cm³/mol. The molecule has 0 fully saturated rings. The quantitative estimate of drug-likeness (QED) is 0.668. The third-order valence-corrected chi connectivity index (χ3v) is 3.68. The molecule has 0 unspecified atom stereocenters. The Morgan fingerprint density at radius 2 is 1.35 bits per heavy atom. The van der Waals surface area contributed by atoms with Crippen molar-refractivity contribution < 1.29 is 14.4 Å². The van der Waals surface area contributed by atoms with E-state index < -0.39 is 0 Å². The first-order valence-electron chi connectivity index (χ1n) is 8.49. The van der Waals surface area contributed by atoms with Gasteiger partial charge in [0.2, 0.25) is 5.91 Å². The molecule has 26 heavy (non-hydrogen) atoms. The minimum absolute atomic E-state index is 0.0437. The molecule has 2 rings (SSSR count). The Morgan fingerprint density at radius 1 is 0.769 bits per heavy atom. The molecule has 0 aliphatic heterocycles. The van der Waals surface area contributed by atoms with Gasteiger partial charge in [-0.25, -0.2) is 0 Å². The summed E-state index contributed by atoms with van der Waals surface area (Å²) in [7, 11) is 0. The number of rotatable bonds is 7. The molecule has 0 radical (unpaired) electrons. The fraction of sp³-hybridized carbons (Fsp3) is 0.250. The summed E-state index contributed by atoms with van der Waals surface area (Å²) in [5.74, 6) is -0.560. The number of amides is 3. The van der Waals surface area contributed by atoms with Gasteiger partial charge >= 0.3 is 0 Å². The number of nitrogens with one attached hydrogen (secondary N) is 3. The summed E-state index contributed by atoms with van der Waals surface area (Å²) in [6, 6.07) is 15.5. The van der Waals surface area contributed by atoms with Crippen LogP contribution in [0, 0.1) is 5.92 Å². The predicted octanol–water partition coefficient (Wildman–Crippen LogP) is 2.44. The molecule has 0 heterocycles. The SMILES string of the molecule is CC(C)C(=O)NCCNC(=O)c1ccc(NC(=O)c2ccccc2)cc1. The number of hydrogen-bond donors (Lipinski definition) is 3. The summed E-state index contributed by atoms with van der Waals surface area (Å²) in [5, 5.41) is 8.25. The van der Waals surface area contributed by atoms with E-state index in [1.54, 1.807) is 48.5 Å². The molecule has 2 aromatic rings. The van der Waals surface area contributed by atoms with Crippen molar-refractivity contribution in [1.29, 1.82) is 0 Å². The van der Waals surface area contributed by atoms with Gasteiger partial charge in [0.1, 0.15) is 0 Å². The largest absolute Gasteiger partial charge is 0.354 e. The highest BCUT2D eigenvalue weighted by Gasteiger charge is 2.09. The summed E-state index contributed by atoms with van der Waals surface area (Å²) in [4.78, 5) is 35.6. The first kappa shape index (κ1) is 19.2. The van der Waals surface area contributed by atoms with Gasteiger partial charge in [0.25, 0.3) is 11.8 Å². The van der Waals surface area contributed by atoms with Crippen LogP contribution in [0.25, 0.3) is 0 Å². The minimum atomic E-state index is -0.232. The van der Waals surface area contributed by atoms with Gasteiger partial charge in [-0.1, -0.05) is 32.0 Å². The van der Waals surface area contributed by atoms with Gasteiger partial charge in [-0.15, -0.1) is 0 Å². The summed E-state index contributed by atoms with van der Waals surface area (Å²) in [5.41, 5.74) is 1.66. The van der Waals surface area contributed by atoms with Crippen LogP contribution in [0.15, 0.2) is 54.6 Å². The van der Waals surface area contributed by atoms with E-state index in [1.165, 1.54) is 0 Å². The topological polar surface area (TPSA) is 87.3 Å². The van der Waals surface area contributed by atoms with Crippen LogP contribution >= 0.6 is 0 Å². The van der Waals surface area contributed by atoms with E-state index in [2.05, 4.69) is 16.0 Å². The highest BCUT2D eigenvalue weighted by atomic mass is 16.2. The van der Waals surface area contributed by atoms with Crippen LogP contribution in [0.5, 0.6) is 0 Å². The number of hydrogen-bond acceptors (Lipinski definition) is 3. The van der Waals surface area contributed by atoms with Crippen LogP contribution < -0.4 is 16.0 Å². The van der Waals surface area contributed by atoms with Crippen LogP contribution in [-0.2, 0) is 4.79 Å². The Morgan fingerprint density at radius 3 is 1.96 bits per heavy atom. The fourth-order valence-electron chi connectivity index (χ4n) is 2.17. The summed E-state index contributed by atoms with van der Waals surface area (Å²) >= 11 is 0. The first-order valence-corrected chi connectivity index (χ1v) is 8.49. The van der Waals surface area contributed by atoms with Gasteiger partial charge in [-0.3, -0.25) is 14.4 Å². The lowest BCUT2D eigenvalue weighted by Crippen LogP contribution is -2.36. The molecule has 3 N–H and O–H groups in total. The summed E-state index contributed by atoms with van der Waals surface area (Å²) in [6.45, 7) is 4.36. The number of anilines is 1. The molecular formula is C20H23N3O3. The minimum Gasteiger partial charge on any atom is -0.354 e. The first-order chi connectivity index (χ1) is 12.5. The van der Waals surface area contributed by atoms with Gasteiger partial charge in [0.15, 0.2) is 0 Å². The standard InChI is InChI=1S/C20H23N3O3/c1-14(2)18(24)21-12-13-22-19(25)16-8-10-17(11-9-16)23-20(26)15-6-4-3-5-7-15/h3-11,14H,12-13H2,1-2H3,(H,21,24)(H,22,25)(H,23,26). The van der Waals surface area contributed by atoms with E-state index in [9.17, 15) is 14.4 Å². The molecule has 2 aromatic carbocycles. The maximum absolute atomic E-state index is 12.1. The fourth-order valence-corrected chi connectivity index (χ4v) is 2.17. The molecule has 6 heteroatoms. The number of carbonyl (C=O) groups excluding carboxylic acids is 3. The maximum atomic E-state index is 12.1. The van der Waals surface area contributed by atoms with Gasteiger partial charge in [-0.05, 0) is 36.4 Å². The van der Waals surface area contributed by atoms with E-state index in [4.69, 9.17) is 0 Å². The second-order valence-electron chi connectivity index (χ2n) is 6.10. The van der Waals surface area contributed by atoms with E-state index in [0.29, 0.717) is 29.9 Å². The zero-order valence-corrected chi connectivity index (χ0v) is 14.9. The van der Waals surface area contributed by atoms with Gasteiger partial charge in [0, 0.05) is 35.8 Å². The van der Waals surface area contributed by atoms with E-state index in [-0.39, 0.29) is 23.6 Å². The molecule has 0 aliphatic rings. The van der Waals surface area contributed by atoms with Crippen molar-refractivity contribution in [3.63, 3.8) is 0 Å². The molecule has 136 valence electrons. The lowest BCUT2D eigenvalue weighted by molar-refractivity contribution is -0.123. The molecule has 0 aromatic heterocycles. The van der Waals surface area contributed by atoms with Crippen LogP contribution in [0.2, 0.25) is 0 Å². The Hall–Kier alpha value is -3.15. The summed E-state index contributed by atoms with van der Waals surface area (Å²) in [6.07, 6.45) is 0. The van der Waals surface area contributed by atoms with Gasteiger partial charge < -0.3 is 16.0 Å². The molecular weight excluding hydrogens is 330 g/mol. The van der Waals surface area contributed by atoms with Crippen LogP contribution in [-0.4, -0.2) is 30.8 Å². The zero-order chi connectivity index (χ0) is 18.9. The van der Waals surface area contributed by atoms with Crippen LogP contribution in [0.3, 0.4) is 0 Å². The molecule has 0 bridgehead atoms. The highest BCUT2D eigenvalue weighted by molar-refractivity contribution is 6.04. The number of benzene rings is 2. The average Bonchev–Trinajstić information content (AvgIpc) is 2.66. The van der Waals surface area contributed by atoms with Gasteiger partial charge in [-0.2, -0.15) is 0 Å². The van der Waals surface area contributed by atoms with Crippen LogP contribution in [0.1, 0.15) is 34.6 Å². The van der Waals surface area contributed by atoms with E-state index >= 15 is 0 Å². The molecule has 6 nitrogen and oxygen atoms in total. The third-order valence-electron chi connectivity index (χ3n) is 3.68. The van der Waals surface area contributed by atoms with Crippen molar-refractivity contribution in [3.05, 3.63) is 65.7 Å². The average molecular weight is 353 g/mol. The molecule has 3 amide bonds. The Kier molecular flexibility index (Phi) is 6.91. The van der Waals surface area contributed by atoms with E-state index in [0.717, 1.165) is 0 Å². The monoisotopic (exact) mass is 353 g/mol. The van der Waals surface area contributed by atoms with Crippen molar-refractivity contribution in [2.45, 2.75) is 13.8 Å². The molecule has 0 saturated heterocycles. The molecule has 0 aliphatic carbocycles. The highest BCUT2D eigenvalue weighted by Crippen LogP contribution is 2.11. The zero-order valence-electron chi connectivity index (χ0n) is 14.9. The van der Waals surface area contributed by atoms with Crippen molar-refractivity contribution in [2.75, 3.05) is 18.4 Å². The smallest absolute Gasteiger partial charge is 0.255 e. The number of carbonyl (C=O) groups is 3. The normalized spacial score (nSPS) is 10.3. The van der Waals surface area contributed by atoms with E-state index in [1.807, 2.05) is 19.9 Å². The van der Waals surface area contributed by atoms with Crippen molar-refractivity contribution in [2.24, 2.45) is 5.92 Å². The Labute approximate surface area is 153 Å². The second-order valence-corrected chi connectivity index (χ2v) is 6.10. The molecule has 0 atom stereocenters. The lowest BCUT2D eigenvalue weighted by atomic mass is 10.1. The maximum Gasteiger partial charge on any atom is 0.255 e. The van der Waals surface area contributed by atoms with Crippen LogP contribution in [0.4, 0.5) is 5.69 Å². The van der Waals surface area contributed by atoms with Crippen molar-refractivity contribution in [1.82, 2.24) is 10.6 Å². The second kappa shape index (κ2) is 9.36. The molecule has 0 spiro atoms. The third kappa shape index (κ3) is 5.73. The van der Waals surface area contributed by atoms with Crippen molar-refractivity contribution in [3.8, 4) is 0 Å².